The number of nitrogens with one attached hydrogen (secondary N) is 1. The van der Waals surface area contributed by atoms with Gasteiger partial charge in [-0.3, -0.25) is 0 Å². The Kier molecular flexibility index (Phi) is 3.56. The molecule has 0 saturated heterocycles. The van der Waals surface area contributed by atoms with Crippen molar-refractivity contribution in [2.24, 2.45) is 0 Å². The second-order valence-electron chi connectivity index (χ2n) is 5.28. The molecule has 4 heteroatoms. The van der Waals surface area contributed by atoms with Crippen molar-refractivity contribution in [3.8, 4) is 22.5 Å². The number of halogens is 2. The van der Waals surface area contributed by atoms with Gasteiger partial charge in [0.25, 0.3) is 0 Å². The average molecular weight is 339 g/mol. The van der Waals surface area contributed by atoms with Crippen molar-refractivity contribution < 1.29 is 0 Å². The number of H-pyrrole nitrogens is 1. The Hall–Kier alpha value is -2.29. The highest BCUT2D eigenvalue weighted by Gasteiger charge is 2.11. The van der Waals surface area contributed by atoms with Crippen LogP contribution in [0.2, 0.25) is 10.0 Å². The molecule has 0 aliphatic rings. The minimum Gasteiger partial charge on any atom is -0.338 e. The number of fused-ring (bicyclic) bond motifs is 1. The third kappa shape index (κ3) is 2.61. The number of hydrogen-bond donors (Lipinski definition) is 1. The summed E-state index contributed by atoms with van der Waals surface area (Å²) in [5, 5.41) is 1.10. The molecule has 1 aromatic heterocycles. The SMILES string of the molecule is Clc1ccc(-c2ccccc2-c2nc3ccccc3[nH]2)cc1Cl. The lowest BCUT2D eigenvalue weighted by atomic mass is 9.99. The van der Waals surface area contributed by atoms with Gasteiger partial charge in [0.15, 0.2) is 0 Å². The van der Waals surface area contributed by atoms with Gasteiger partial charge in [0.1, 0.15) is 5.82 Å². The van der Waals surface area contributed by atoms with Crippen LogP contribution < -0.4 is 0 Å². The third-order valence-corrected chi connectivity index (χ3v) is 4.54. The Morgan fingerprint density at radius 3 is 2.26 bits per heavy atom. The molecule has 0 saturated carbocycles. The first-order chi connectivity index (χ1) is 11.2. The maximum absolute atomic E-state index is 6.17. The monoisotopic (exact) mass is 338 g/mol. The third-order valence-electron chi connectivity index (χ3n) is 3.80. The molecule has 112 valence electrons. The molecule has 23 heavy (non-hydrogen) atoms. The highest BCUT2D eigenvalue weighted by molar-refractivity contribution is 6.42. The van der Waals surface area contributed by atoms with Crippen LogP contribution in [0.1, 0.15) is 0 Å². The van der Waals surface area contributed by atoms with Gasteiger partial charge in [-0.05, 0) is 35.4 Å². The van der Waals surface area contributed by atoms with Crippen molar-refractivity contribution in [2.75, 3.05) is 0 Å². The molecule has 3 aromatic carbocycles. The molecule has 2 nitrogen and oxygen atoms in total. The molecular weight excluding hydrogens is 327 g/mol. The summed E-state index contributed by atoms with van der Waals surface area (Å²) in [4.78, 5) is 8.07. The molecule has 1 heterocycles. The van der Waals surface area contributed by atoms with Crippen molar-refractivity contribution in [3.63, 3.8) is 0 Å². The standard InChI is InChI=1S/C19H12Cl2N2/c20-15-10-9-12(11-16(15)21)13-5-1-2-6-14(13)19-22-17-7-3-4-8-18(17)23-19/h1-11H,(H,22,23). The number of aromatic amines is 1. The fourth-order valence-corrected chi connectivity index (χ4v) is 2.98. The van der Waals surface area contributed by atoms with Crippen LogP contribution in [0.25, 0.3) is 33.5 Å². The molecule has 4 aromatic rings. The number of rotatable bonds is 2. The maximum atomic E-state index is 6.17. The quantitative estimate of drug-likeness (QED) is 0.462. The van der Waals surface area contributed by atoms with Gasteiger partial charge in [-0.2, -0.15) is 0 Å². The van der Waals surface area contributed by atoms with E-state index in [0.717, 1.165) is 33.5 Å². The molecule has 0 bridgehead atoms. The van der Waals surface area contributed by atoms with Crippen LogP contribution >= 0.6 is 23.2 Å². The Morgan fingerprint density at radius 2 is 1.48 bits per heavy atom. The molecule has 0 aliphatic carbocycles. The lowest BCUT2D eigenvalue weighted by Gasteiger charge is -2.08. The van der Waals surface area contributed by atoms with E-state index in [1.165, 1.54) is 0 Å². The summed E-state index contributed by atoms with van der Waals surface area (Å²) in [6, 6.07) is 21.8. The number of imidazole rings is 1. The number of nitrogens with zero attached hydrogens (tertiary/aromatic N) is 1. The van der Waals surface area contributed by atoms with Crippen LogP contribution in [0.3, 0.4) is 0 Å². The Labute approximate surface area is 143 Å². The van der Waals surface area contributed by atoms with E-state index in [-0.39, 0.29) is 0 Å². The van der Waals surface area contributed by atoms with Gasteiger partial charge in [-0.1, -0.05) is 65.7 Å². The summed E-state index contributed by atoms with van der Waals surface area (Å²) in [5.74, 6) is 0.841. The van der Waals surface area contributed by atoms with E-state index in [1.807, 2.05) is 54.6 Å². The molecule has 0 aliphatic heterocycles. The van der Waals surface area contributed by atoms with Crippen molar-refractivity contribution in [1.29, 1.82) is 0 Å². The number of benzene rings is 3. The van der Waals surface area contributed by atoms with Gasteiger partial charge < -0.3 is 4.98 Å². The zero-order valence-corrected chi connectivity index (χ0v) is 13.6. The zero-order chi connectivity index (χ0) is 15.8. The first-order valence-electron chi connectivity index (χ1n) is 7.22. The highest BCUT2D eigenvalue weighted by Crippen LogP contribution is 2.34. The fourth-order valence-electron chi connectivity index (χ4n) is 2.69. The number of para-hydroxylation sites is 2. The van der Waals surface area contributed by atoms with E-state index in [9.17, 15) is 0 Å². The van der Waals surface area contributed by atoms with E-state index in [0.29, 0.717) is 10.0 Å². The zero-order valence-electron chi connectivity index (χ0n) is 12.1. The van der Waals surface area contributed by atoms with E-state index < -0.39 is 0 Å². The topological polar surface area (TPSA) is 28.7 Å². The van der Waals surface area contributed by atoms with Crippen LogP contribution in [0.5, 0.6) is 0 Å². The maximum Gasteiger partial charge on any atom is 0.139 e. The summed E-state index contributed by atoms with van der Waals surface area (Å²) < 4.78 is 0. The Balaban J connectivity index is 1.91. The van der Waals surface area contributed by atoms with Gasteiger partial charge in [0.05, 0.1) is 21.1 Å². The van der Waals surface area contributed by atoms with Crippen LogP contribution in [0.4, 0.5) is 0 Å². The largest absolute Gasteiger partial charge is 0.338 e. The van der Waals surface area contributed by atoms with E-state index >= 15 is 0 Å². The van der Waals surface area contributed by atoms with Gasteiger partial charge in [0.2, 0.25) is 0 Å². The lowest BCUT2D eigenvalue weighted by molar-refractivity contribution is 1.34. The first-order valence-corrected chi connectivity index (χ1v) is 7.97. The van der Waals surface area contributed by atoms with Crippen molar-refractivity contribution >= 4 is 34.2 Å². The van der Waals surface area contributed by atoms with Crippen molar-refractivity contribution in [1.82, 2.24) is 9.97 Å². The van der Waals surface area contributed by atoms with Gasteiger partial charge in [-0.25, -0.2) is 4.98 Å². The summed E-state index contributed by atoms with van der Waals surface area (Å²) in [5.41, 5.74) is 5.07. The summed E-state index contributed by atoms with van der Waals surface area (Å²) in [7, 11) is 0. The molecule has 0 fully saturated rings. The molecular formula is C19H12Cl2N2. The van der Waals surface area contributed by atoms with E-state index in [4.69, 9.17) is 28.2 Å². The normalized spacial score (nSPS) is 11.0. The summed E-state index contributed by atoms with van der Waals surface area (Å²) in [6.45, 7) is 0. The second kappa shape index (κ2) is 5.73. The van der Waals surface area contributed by atoms with Gasteiger partial charge in [-0.15, -0.1) is 0 Å². The number of aromatic nitrogens is 2. The first kappa shape index (κ1) is 14.3. The smallest absolute Gasteiger partial charge is 0.139 e. The summed E-state index contributed by atoms with van der Waals surface area (Å²) in [6.07, 6.45) is 0. The van der Waals surface area contributed by atoms with Crippen LogP contribution in [0.15, 0.2) is 66.7 Å². The molecule has 0 spiro atoms. The van der Waals surface area contributed by atoms with Gasteiger partial charge in [0, 0.05) is 5.56 Å². The molecule has 1 N–H and O–H groups in total. The van der Waals surface area contributed by atoms with Crippen LogP contribution in [-0.2, 0) is 0 Å². The predicted octanol–water partition coefficient (Wildman–Crippen LogP) is 6.20. The minimum absolute atomic E-state index is 0.545. The summed E-state index contributed by atoms with van der Waals surface area (Å²) >= 11 is 12.2. The van der Waals surface area contributed by atoms with Crippen LogP contribution in [-0.4, -0.2) is 9.97 Å². The molecule has 0 amide bonds. The predicted molar refractivity (Wildman–Crippen MR) is 97.0 cm³/mol. The molecule has 0 unspecified atom stereocenters. The fraction of sp³-hybridized carbons (Fsp3) is 0. The molecule has 0 radical (unpaired) electrons. The van der Waals surface area contributed by atoms with E-state index in [1.54, 1.807) is 0 Å². The lowest BCUT2D eigenvalue weighted by Crippen LogP contribution is -1.87. The molecule has 4 rings (SSSR count). The van der Waals surface area contributed by atoms with Gasteiger partial charge >= 0.3 is 0 Å². The van der Waals surface area contributed by atoms with E-state index in [2.05, 4.69) is 17.1 Å². The minimum atomic E-state index is 0.545. The average Bonchev–Trinajstić information content (AvgIpc) is 3.01. The van der Waals surface area contributed by atoms with Crippen molar-refractivity contribution in [3.05, 3.63) is 76.8 Å². The Bertz CT molecular complexity index is 972. The highest BCUT2D eigenvalue weighted by atomic mass is 35.5. The second-order valence-corrected chi connectivity index (χ2v) is 6.09. The van der Waals surface area contributed by atoms with Crippen molar-refractivity contribution in [2.45, 2.75) is 0 Å². The Morgan fingerprint density at radius 1 is 0.739 bits per heavy atom. The number of hydrogen-bond acceptors (Lipinski definition) is 1. The molecule has 0 atom stereocenters. The van der Waals surface area contributed by atoms with Crippen LogP contribution in [0, 0.1) is 0 Å².